The zero-order valence-corrected chi connectivity index (χ0v) is 15.0. The van der Waals surface area contributed by atoms with E-state index in [0.29, 0.717) is 17.0 Å². The van der Waals surface area contributed by atoms with E-state index in [1.54, 1.807) is 18.3 Å². The zero-order chi connectivity index (χ0) is 18.7. The first-order chi connectivity index (χ1) is 12.5. The number of fused-ring (bicyclic) bond motifs is 1. The predicted octanol–water partition coefficient (Wildman–Crippen LogP) is 3.59. The number of anilines is 1. The molecule has 26 heavy (non-hydrogen) atoms. The van der Waals surface area contributed by atoms with E-state index in [1.807, 2.05) is 62.3 Å². The smallest absolute Gasteiger partial charge is 0.362 e. The van der Waals surface area contributed by atoms with E-state index in [2.05, 4.69) is 16.9 Å². The summed E-state index contributed by atoms with van der Waals surface area (Å²) in [7, 11) is 3.87. The van der Waals surface area contributed by atoms with Crippen LogP contribution in [0.1, 0.15) is 12.6 Å². The first-order valence-corrected chi connectivity index (χ1v) is 8.17. The lowest BCUT2D eigenvalue weighted by atomic mass is 10.1. The molecule has 0 aliphatic rings. The lowest BCUT2D eigenvalue weighted by Gasteiger charge is -2.12. The van der Waals surface area contributed by atoms with Gasteiger partial charge in [0.15, 0.2) is 5.69 Å². The Hall–Kier alpha value is -3.41. The normalized spacial score (nSPS) is 12.0. The molecule has 132 valence electrons. The summed E-state index contributed by atoms with van der Waals surface area (Å²) in [6, 6.07) is 7.48. The third-order valence-corrected chi connectivity index (χ3v) is 3.90. The molecule has 0 bridgehead atoms. The molecule has 3 rings (SSSR count). The SMILES string of the molecule is C=C/C=C(\C=C/C)c1cn(-c2cc3ccc(N(C)C)cc3oc2=O)nn1. The highest BCUT2D eigenvalue weighted by Crippen LogP contribution is 2.22. The highest BCUT2D eigenvalue weighted by Gasteiger charge is 2.12. The lowest BCUT2D eigenvalue weighted by Crippen LogP contribution is -2.11. The molecule has 0 spiro atoms. The number of hydrogen-bond acceptors (Lipinski definition) is 5. The molecule has 0 fully saturated rings. The van der Waals surface area contributed by atoms with Gasteiger partial charge in [0.25, 0.3) is 0 Å². The van der Waals surface area contributed by atoms with Crippen LogP contribution in [0.15, 0.2) is 70.6 Å². The van der Waals surface area contributed by atoms with Gasteiger partial charge in [0.05, 0.1) is 6.20 Å². The van der Waals surface area contributed by atoms with Crippen LogP contribution in [0.2, 0.25) is 0 Å². The van der Waals surface area contributed by atoms with E-state index >= 15 is 0 Å². The standard InChI is InChI=1S/C20H20N4O2/c1-5-7-14(8-6-2)17-13-24(22-21-17)18-11-15-9-10-16(23(3)4)12-19(15)26-20(18)25/h5-13H,1H2,2-4H3/b8-6-,14-7+. The van der Waals surface area contributed by atoms with Crippen LogP contribution in [-0.2, 0) is 0 Å². The van der Waals surface area contributed by atoms with E-state index in [4.69, 9.17) is 4.42 Å². The fourth-order valence-corrected chi connectivity index (χ4v) is 2.57. The molecule has 6 heteroatoms. The molecule has 2 aromatic heterocycles. The summed E-state index contributed by atoms with van der Waals surface area (Å²) in [6.45, 7) is 5.63. The van der Waals surface area contributed by atoms with Gasteiger partial charge in [-0.1, -0.05) is 36.1 Å². The topological polar surface area (TPSA) is 64.2 Å². The van der Waals surface area contributed by atoms with Crippen molar-refractivity contribution in [2.75, 3.05) is 19.0 Å². The van der Waals surface area contributed by atoms with Crippen molar-refractivity contribution < 1.29 is 4.42 Å². The molecule has 0 aliphatic heterocycles. The van der Waals surface area contributed by atoms with Crippen LogP contribution in [0.3, 0.4) is 0 Å². The summed E-state index contributed by atoms with van der Waals surface area (Å²) in [5.41, 5.74) is 2.84. The molecular formula is C20H20N4O2. The molecule has 0 saturated heterocycles. The van der Waals surface area contributed by atoms with Crippen LogP contribution in [-0.4, -0.2) is 29.1 Å². The van der Waals surface area contributed by atoms with Gasteiger partial charge in [0.1, 0.15) is 11.3 Å². The molecule has 0 amide bonds. The van der Waals surface area contributed by atoms with Gasteiger partial charge in [-0.05, 0) is 25.1 Å². The van der Waals surface area contributed by atoms with Gasteiger partial charge in [-0.15, -0.1) is 5.10 Å². The van der Waals surface area contributed by atoms with Gasteiger partial charge in [-0.2, -0.15) is 0 Å². The maximum absolute atomic E-state index is 12.4. The Morgan fingerprint density at radius 3 is 2.81 bits per heavy atom. The largest absolute Gasteiger partial charge is 0.421 e. The summed E-state index contributed by atoms with van der Waals surface area (Å²) < 4.78 is 6.92. The first kappa shape index (κ1) is 17.4. The van der Waals surface area contributed by atoms with Crippen LogP contribution in [0.5, 0.6) is 0 Å². The maximum Gasteiger partial charge on any atom is 0.362 e. The van der Waals surface area contributed by atoms with Gasteiger partial charge in [0, 0.05) is 36.8 Å². The predicted molar refractivity (Wildman–Crippen MR) is 105 cm³/mol. The Bertz CT molecular complexity index is 1070. The van der Waals surface area contributed by atoms with Crippen molar-refractivity contribution in [2.45, 2.75) is 6.92 Å². The quantitative estimate of drug-likeness (QED) is 0.521. The molecule has 0 unspecified atom stereocenters. The summed E-state index contributed by atoms with van der Waals surface area (Å²) >= 11 is 0. The zero-order valence-electron chi connectivity index (χ0n) is 15.0. The first-order valence-electron chi connectivity index (χ1n) is 8.17. The third kappa shape index (κ3) is 3.35. The minimum absolute atomic E-state index is 0.312. The van der Waals surface area contributed by atoms with Gasteiger partial charge in [-0.3, -0.25) is 0 Å². The fourth-order valence-electron chi connectivity index (χ4n) is 2.57. The lowest BCUT2D eigenvalue weighted by molar-refractivity contribution is 0.550. The molecule has 0 aliphatic carbocycles. The maximum atomic E-state index is 12.4. The van der Waals surface area contributed by atoms with Crippen molar-refractivity contribution in [1.82, 2.24) is 15.0 Å². The van der Waals surface area contributed by atoms with E-state index in [9.17, 15) is 4.79 Å². The molecular weight excluding hydrogens is 328 g/mol. The van der Waals surface area contributed by atoms with E-state index < -0.39 is 5.63 Å². The summed E-state index contributed by atoms with van der Waals surface area (Å²) in [5.74, 6) is 0. The van der Waals surface area contributed by atoms with Gasteiger partial charge < -0.3 is 9.32 Å². The second-order valence-electron chi connectivity index (χ2n) is 5.94. The number of hydrogen-bond donors (Lipinski definition) is 0. The van der Waals surface area contributed by atoms with Gasteiger partial charge in [0.2, 0.25) is 0 Å². The molecule has 1 aromatic carbocycles. The number of allylic oxidation sites excluding steroid dienone is 5. The van der Waals surface area contributed by atoms with Crippen molar-refractivity contribution in [3.05, 3.63) is 77.5 Å². The Labute approximate surface area is 151 Å². The number of rotatable bonds is 5. The van der Waals surface area contributed by atoms with Crippen LogP contribution in [0.4, 0.5) is 5.69 Å². The molecule has 3 aromatic rings. The van der Waals surface area contributed by atoms with Crippen molar-refractivity contribution in [3.63, 3.8) is 0 Å². The molecule has 0 atom stereocenters. The fraction of sp³-hybridized carbons (Fsp3) is 0.150. The Kier molecular flexibility index (Phi) is 4.84. The Morgan fingerprint density at radius 2 is 2.12 bits per heavy atom. The van der Waals surface area contributed by atoms with Gasteiger partial charge in [-0.25, -0.2) is 9.48 Å². The molecule has 6 nitrogen and oxygen atoms in total. The number of benzene rings is 1. The van der Waals surface area contributed by atoms with Crippen molar-refractivity contribution >= 4 is 22.2 Å². The van der Waals surface area contributed by atoms with Gasteiger partial charge >= 0.3 is 5.63 Å². The summed E-state index contributed by atoms with van der Waals surface area (Å²) in [4.78, 5) is 14.4. The average molecular weight is 348 g/mol. The van der Waals surface area contributed by atoms with Crippen LogP contribution in [0.25, 0.3) is 22.2 Å². The molecule has 0 radical (unpaired) electrons. The molecule has 0 saturated carbocycles. The monoisotopic (exact) mass is 348 g/mol. The number of aromatic nitrogens is 3. The van der Waals surface area contributed by atoms with Crippen LogP contribution in [0, 0.1) is 0 Å². The molecule has 0 N–H and O–H groups in total. The van der Waals surface area contributed by atoms with Crippen molar-refractivity contribution in [1.29, 1.82) is 0 Å². The van der Waals surface area contributed by atoms with E-state index in [-0.39, 0.29) is 0 Å². The third-order valence-electron chi connectivity index (χ3n) is 3.90. The summed E-state index contributed by atoms with van der Waals surface area (Å²) in [6.07, 6.45) is 9.02. The minimum Gasteiger partial charge on any atom is -0.421 e. The van der Waals surface area contributed by atoms with Crippen LogP contribution >= 0.6 is 0 Å². The Morgan fingerprint density at radius 1 is 1.31 bits per heavy atom. The Balaban J connectivity index is 2.07. The van der Waals surface area contributed by atoms with E-state index in [1.165, 1.54) is 4.68 Å². The van der Waals surface area contributed by atoms with Crippen LogP contribution < -0.4 is 10.5 Å². The van der Waals surface area contributed by atoms with E-state index in [0.717, 1.165) is 16.6 Å². The number of nitrogens with zero attached hydrogens (tertiary/aromatic N) is 4. The average Bonchev–Trinajstić information content (AvgIpc) is 3.10. The van der Waals surface area contributed by atoms with Crippen molar-refractivity contribution in [3.8, 4) is 5.69 Å². The molecule has 2 heterocycles. The minimum atomic E-state index is -0.467. The summed E-state index contributed by atoms with van der Waals surface area (Å²) in [5, 5.41) is 9.04. The highest BCUT2D eigenvalue weighted by molar-refractivity contribution is 5.82. The van der Waals surface area contributed by atoms with Crippen molar-refractivity contribution in [2.24, 2.45) is 0 Å². The second-order valence-corrected chi connectivity index (χ2v) is 5.94. The highest BCUT2D eigenvalue weighted by atomic mass is 16.4. The second kappa shape index (κ2) is 7.23.